The van der Waals surface area contributed by atoms with Crippen molar-refractivity contribution in [3.63, 3.8) is 0 Å². The van der Waals surface area contributed by atoms with E-state index in [0.29, 0.717) is 17.4 Å². The molecule has 0 radical (unpaired) electrons. The third-order valence-corrected chi connectivity index (χ3v) is 6.98. The molecule has 0 aromatic carbocycles. The van der Waals surface area contributed by atoms with Crippen LogP contribution in [-0.2, 0) is 0 Å². The molecule has 5 atom stereocenters. The summed E-state index contributed by atoms with van der Waals surface area (Å²) >= 11 is 0. The Bertz CT molecular complexity index is 281. The second kappa shape index (κ2) is 6.16. The van der Waals surface area contributed by atoms with Crippen LogP contribution in [0.5, 0.6) is 0 Å². The number of hydrogen-bond acceptors (Lipinski definition) is 1. The molecule has 19 heavy (non-hydrogen) atoms. The van der Waals surface area contributed by atoms with Gasteiger partial charge in [0, 0.05) is 6.04 Å². The fraction of sp³-hybridized carbons (Fsp3) is 1.00. The van der Waals surface area contributed by atoms with Gasteiger partial charge in [0.05, 0.1) is 0 Å². The average molecular weight is 265 g/mol. The molecular weight excluding hydrogens is 230 g/mol. The lowest BCUT2D eigenvalue weighted by atomic mass is 9.45. The molecule has 0 spiro atoms. The quantitative estimate of drug-likeness (QED) is 0.744. The fourth-order valence-corrected chi connectivity index (χ4v) is 5.47. The van der Waals surface area contributed by atoms with Crippen LogP contribution >= 0.6 is 0 Å². The van der Waals surface area contributed by atoms with E-state index >= 15 is 0 Å². The Labute approximate surface area is 120 Å². The third kappa shape index (κ3) is 2.60. The predicted octanol–water partition coefficient (Wildman–Crippen LogP) is 4.99. The largest absolute Gasteiger partial charge is 0.327 e. The molecule has 2 rings (SSSR count). The highest BCUT2D eigenvalue weighted by Crippen LogP contribution is 2.59. The number of rotatable bonds is 5. The first-order valence-electron chi connectivity index (χ1n) is 8.81. The van der Waals surface area contributed by atoms with Crippen molar-refractivity contribution in [2.75, 3.05) is 0 Å². The summed E-state index contributed by atoms with van der Waals surface area (Å²) in [6.07, 6.45) is 11.5. The van der Waals surface area contributed by atoms with E-state index in [-0.39, 0.29) is 0 Å². The second-order valence-electron chi connectivity index (χ2n) is 7.59. The standard InChI is InChI=1S/C18H35N/c1-5-15(12-14-10-8-7-9-11-14)18(4)13(3)17(19)16(18)6-2/h13-17H,5-12,19H2,1-4H3. The molecule has 0 heterocycles. The molecule has 5 unspecified atom stereocenters. The van der Waals surface area contributed by atoms with E-state index in [4.69, 9.17) is 5.73 Å². The van der Waals surface area contributed by atoms with E-state index in [2.05, 4.69) is 27.7 Å². The van der Waals surface area contributed by atoms with Gasteiger partial charge in [0.25, 0.3) is 0 Å². The topological polar surface area (TPSA) is 26.0 Å². The lowest BCUT2D eigenvalue weighted by Crippen LogP contribution is -2.64. The molecular formula is C18H35N. The van der Waals surface area contributed by atoms with Gasteiger partial charge < -0.3 is 5.73 Å². The normalized spacial score (nSPS) is 41.8. The molecule has 2 aliphatic rings. The van der Waals surface area contributed by atoms with Crippen LogP contribution in [0.4, 0.5) is 0 Å². The van der Waals surface area contributed by atoms with Gasteiger partial charge in [-0.25, -0.2) is 0 Å². The smallest absolute Gasteiger partial charge is 0.0104 e. The Balaban J connectivity index is 2.03. The molecule has 1 heteroatoms. The van der Waals surface area contributed by atoms with Gasteiger partial charge in [-0.1, -0.05) is 72.6 Å². The summed E-state index contributed by atoms with van der Waals surface area (Å²) < 4.78 is 0. The van der Waals surface area contributed by atoms with Crippen molar-refractivity contribution in [3.8, 4) is 0 Å². The van der Waals surface area contributed by atoms with Crippen LogP contribution in [0.2, 0.25) is 0 Å². The SMILES string of the molecule is CCC(CC1CCCCC1)C1(C)C(C)C(N)C1CC. The summed E-state index contributed by atoms with van der Waals surface area (Å²) in [5.74, 6) is 3.38. The van der Waals surface area contributed by atoms with E-state index in [1.807, 2.05) is 0 Å². The molecule has 0 aliphatic heterocycles. The van der Waals surface area contributed by atoms with Gasteiger partial charge in [0.15, 0.2) is 0 Å². The molecule has 0 saturated heterocycles. The van der Waals surface area contributed by atoms with Crippen LogP contribution in [0.25, 0.3) is 0 Å². The highest BCUT2D eigenvalue weighted by Gasteiger charge is 2.57. The number of hydrogen-bond donors (Lipinski definition) is 1. The summed E-state index contributed by atoms with van der Waals surface area (Å²) in [7, 11) is 0. The van der Waals surface area contributed by atoms with Crippen LogP contribution in [0, 0.1) is 29.1 Å². The summed E-state index contributed by atoms with van der Waals surface area (Å²) in [6, 6.07) is 0.454. The predicted molar refractivity (Wildman–Crippen MR) is 84.0 cm³/mol. The summed E-state index contributed by atoms with van der Waals surface area (Å²) in [5, 5.41) is 0. The zero-order valence-electron chi connectivity index (χ0n) is 13.6. The number of nitrogens with two attached hydrogens (primary N) is 1. The first-order valence-corrected chi connectivity index (χ1v) is 8.81. The first-order chi connectivity index (χ1) is 9.05. The van der Waals surface area contributed by atoms with Crippen LogP contribution in [0.1, 0.15) is 79.1 Å². The van der Waals surface area contributed by atoms with Gasteiger partial charge in [0.1, 0.15) is 0 Å². The Hall–Kier alpha value is -0.0400. The van der Waals surface area contributed by atoms with E-state index in [1.54, 1.807) is 0 Å². The summed E-state index contributed by atoms with van der Waals surface area (Å²) in [5.41, 5.74) is 6.89. The van der Waals surface area contributed by atoms with Crippen LogP contribution in [0.15, 0.2) is 0 Å². The lowest BCUT2D eigenvalue weighted by molar-refractivity contribution is -0.110. The minimum absolute atomic E-state index is 0.454. The molecule has 112 valence electrons. The van der Waals surface area contributed by atoms with Gasteiger partial charge in [0.2, 0.25) is 0 Å². The molecule has 0 aromatic rings. The zero-order valence-corrected chi connectivity index (χ0v) is 13.6. The minimum atomic E-state index is 0.454. The Kier molecular flexibility index (Phi) is 4.98. The maximum absolute atomic E-state index is 6.38. The zero-order chi connectivity index (χ0) is 14.0. The van der Waals surface area contributed by atoms with Crippen molar-refractivity contribution < 1.29 is 0 Å². The van der Waals surface area contributed by atoms with E-state index < -0.39 is 0 Å². The molecule has 2 saturated carbocycles. The molecule has 0 amide bonds. The first kappa shape index (κ1) is 15.4. The Morgan fingerprint density at radius 3 is 2.32 bits per heavy atom. The van der Waals surface area contributed by atoms with Crippen molar-refractivity contribution in [1.29, 1.82) is 0 Å². The highest BCUT2D eigenvalue weighted by molar-refractivity contribution is 5.08. The van der Waals surface area contributed by atoms with Crippen LogP contribution in [0.3, 0.4) is 0 Å². The van der Waals surface area contributed by atoms with Gasteiger partial charge in [-0.3, -0.25) is 0 Å². The molecule has 2 N–H and O–H groups in total. The maximum atomic E-state index is 6.38. The van der Waals surface area contributed by atoms with Crippen molar-refractivity contribution in [2.45, 2.75) is 85.1 Å². The fourth-order valence-electron chi connectivity index (χ4n) is 5.47. The molecule has 2 fully saturated rings. The van der Waals surface area contributed by atoms with Crippen molar-refractivity contribution >= 4 is 0 Å². The van der Waals surface area contributed by atoms with Gasteiger partial charge in [-0.15, -0.1) is 0 Å². The van der Waals surface area contributed by atoms with E-state index in [0.717, 1.165) is 17.8 Å². The molecule has 0 aromatic heterocycles. The Morgan fingerprint density at radius 1 is 1.16 bits per heavy atom. The van der Waals surface area contributed by atoms with E-state index in [1.165, 1.54) is 51.4 Å². The monoisotopic (exact) mass is 265 g/mol. The second-order valence-corrected chi connectivity index (χ2v) is 7.59. The molecule has 2 aliphatic carbocycles. The van der Waals surface area contributed by atoms with Crippen molar-refractivity contribution in [2.24, 2.45) is 34.8 Å². The van der Waals surface area contributed by atoms with Gasteiger partial charge in [-0.05, 0) is 35.5 Å². The minimum Gasteiger partial charge on any atom is -0.327 e. The average Bonchev–Trinajstić information content (AvgIpc) is 2.45. The summed E-state index contributed by atoms with van der Waals surface area (Å²) in [6.45, 7) is 9.69. The third-order valence-electron chi connectivity index (χ3n) is 6.98. The van der Waals surface area contributed by atoms with Crippen molar-refractivity contribution in [1.82, 2.24) is 0 Å². The van der Waals surface area contributed by atoms with Gasteiger partial charge >= 0.3 is 0 Å². The highest BCUT2D eigenvalue weighted by atomic mass is 14.8. The molecule has 0 bridgehead atoms. The molecule has 1 nitrogen and oxygen atoms in total. The lowest BCUT2D eigenvalue weighted by Gasteiger charge is -2.62. The van der Waals surface area contributed by atoms with Gasteiger partial charge in [-0.2, -0.15) is 0 Å². The van der Waals surface area contributed by atoms with Crippen LogP contribution in [-0.4, -0.2) is 6.04 Å². The van der Waals surface area contributed by atoms with Crippen LogP contribution < -0.4 is 5.73 Å². The Morgan fingerprint density at radius 2 is 1.79 bits per heavy atom. The maximum Gasteiger partial charge on any atom is 0.0104 e. The van der Waals surface area contributed by atoms with E-state index in [9.17, 15) is 0 Å². The summed E-state index contributed by atoms with van der Waals surface area (Å²) in [4.78, 5) is 0. The van der Waals surface area contributed by atoms with Crippen molar-refractivity contribution in [3.05, 3.63) is 0 Å².